The molecule has 28 heavy (non-hydrogen) atoms. The van der Waals surface area contributed by atoms with Crippen molar-refractivity contribution in [1.82, 2.24) is 8.75 Å². The summed E-state index contributed by atoms with van der Waals surface area (Å²) < 4.78 is 18.0. The molecule has 144 valence electrons. The molecule has 0 bridgehead atoms. The zero-order chi connectivity index (χ0) is 20.1. The van der Waals surface area contributed by atoms with Gasteiger partial charge >= 0.3 is 12.1 Å². The Morgan fingerprint density at radius 2 is 1.89 bits per heavy atom. The summed E-state index contributed by atoms with van der Waals surface area (Å²) in [6, 6.07) is 11.6. The second-order valence-corrected chi connectivity index (χ2v) is 6.14. The molecule has 0 radical (unpaired) electrons. The molecule has 0 fully saturated rings. The second-order valence-electron chi connectivity index (χ2n) is 5.61. The maximum atomic E-state index is 12.4. The molecule has 1 heterocycles. The summed E-state index contributed by atoms with van der Waals surface area (Å²) in [5.41, 5.74) is 2.15. The topological polar surface area (TPSA) is 111 Å². The van der Waals surface area contributed by atoms with E-state index in [2.05, 4.69) is 18.8 Å². The van der Waals surface area contributed by atoms with Crippen molar-refractivity contribution in [1.29, 1.82) is 0 Å². The number of hydrogen-bond acceptors (Lipinski definition) is 8. The minimum atomic E-state index is -0.741. The molecule has 0 saturated heterocycles. The lowest BCUT2D eigenvalue weighted by Gasteiger charge is -2.18. The van der Waals surface area contributed by atoms with Gasteiger partial charge in [-0.3, -0.25) is 9.69 Å². The molecule has 0 aliphatic rings. The quantitative estimate of drug-likeness (QED) is 0.656. The molecule has 2 aromatic carbocycles. The van der Waals surface area contributed by atoms with Crippen LogP contribution in [0.3, 0.4) is 0 Å². The van der Waals surface area contributed by atoms with Crippen LogP contribution in [0.15, 0.2) is 42.5 Å². The first-order valence-corrected chi connectivity index (χ1v) is 8.83. The molecule has 1 aromatic heterocycles. The number of aromatic nitrogens is 2. The molecule has 2 amide bonds. The maximum absolute atomic E-state index is 12.4. The molecular formula is C18H16N4O5S. The largest absolute Gasteiger partial charge is 0.452 e. The maximum Gasteiger partial charge on any atom is 0.413 e. The standard InChI is InChI=1S/C18H16N4O5S/c1-22(18(25)26-2)14-9-4-3-6-11(14)17(24)27-10-15(23)19-12-7-5-8-13-16(12)21-28-20-13/h3-9H,10H2,1-2H3,(H,19,23). The third-order valence-electron chi connectivity index (χ3n) is 3.83. The Labute approximate surface area is 164 Å². The number of hydrogen-bond donors (Lipinski definition) is 1. The van der Waals surface area contributed by atoms with Crippen LogP contribution < -0.4 is 10.2 Å². The van der Waals surface area contributed by atoms with Crippen molar-refractivity contribution in [2.75, 3.05) is 31.0 Å². The van der Waals surface area contributed by atoms with E-state index in [-0.39, 0.29) is 5.56 Å². The van der Waals surface area contributed by atoms with Crippen LogP contribution in [0.4, 0.5) is 16.2 Å². The molecule has 1 N–H and O–H groups in total. The van der Waals surface area contributed by atoms with Gasteiger partial charge in [-0.15, -0.1) is 0 Å². The lowest BCUT2D eigenvalue weighted by atomic mass is 10.1. The molecule has 0 aliphatic heterocycles. The van der Waals surface area contributed by atoms with Crippen molar-refractivity contribution in [2.45, 2.75) is 0 Å². The van der Waals surface area contributed by atoms with Crippen LogP contribution in [0.25, 0.3) is 11.0 Å². The molecule has 0 atom stereocenters. The first kappa shape index (κ1) is 19.2. The fourth-order valence-corrected chi connectivity index (χ4v) is 3.03. The van der Waals surface area contributed by atoms with Gasteiger partial charge < -0.3 is 14.8 Å². The van der Waals surface area contributed by atoms with E-state index in [1.165, 1.54) is 25.1 Å². The number of para-hydroxylation sites is 1. The number of amides is 2. The number of anilines is 2. The Balaban J connectivity index is 1.67. The second kappa shape index (κ2) is 8.44. The molecule has 0 aliphatic carbocycles. The van der Waals surface area contributed by atoms with E-state index in [1.807, 2.05) is 0 Å². The molecular weight excluding hydrogens is 384 g/mol. The average Bonchev–Trinajstić information content (AvgIpc) is 3.21. The van der Waals surface area contributed by atoms with E-state index < -0.39 is 24.6 Å². The van der Waals surface area contributed by atoms with Crippen LogP contribution in [-0.2, 0) is 14.3 Å². The average molecular weight is 400 g/mol. The van der Waals surface area contributed by atoms with Crippen molar-refractivity contribution in [2.24, 2.45) is 0 Å². The number of carbonyl (C=O) groups excluding carboxylic acids is 3. The zero-order valence-corrected chi connectivity index (χ0v) is 15.9. The van der Waals surface area contributed by atoms with Crippen molar-refractivity contribution < 1.29 is 23.9 Å². The fourth-order valence-electron chi connectivity index (χ4n) is 2.48. The third kappa shape index (κ3) is 4.07. The molecule has 0 spiro atoms. The van der Waals surface area contributed by atoms with E-state index >= 15 is 0 Å². The van der Waals surface area contributed by atoms with Gasteiger partial charge in [-0.1, -0.05) is 18.2 Å². The van der Waals surface area contributed by atoms with E-state index in [1.54, 1.807) is 36.4 Å². The number of carbonyl (C=O) groups is 3. The van der Waals surface area contributed by atoms with Gasteiger partial charge in [0.1, 0.15) is 11.0 Å². The number of nitrogens with one attached hydrogen (secondary N) is 1. The van der Waals surface area contributed by atoms with Crippen LogP contribution in [0.5, 0.6) is 0 Å². The van der Waals surface area contributed by atoms with Crippen molar-refractivity contribution >= 4 is 52.1 Å². The first-order valence-electron chi connectivity index (χ1n) is 8.10. The van der Waals surface area contributed by atoms with Crippen LogP contribution in [-0.4, -0.2) is 47.5 Å². The number of nitrogens with zero attached hydrogens (tertiary/aromatic N) is 3. The molecule has 10 heteroatoms. The lowest BCUT2D eigenvalue weighted by Crippen LogP contribution is -2.28. The Hall–Kier alpha value is -3.53. The van der Waals surface area contributed by atoms with Crippen molar-refractivity contribution in [3.8, 4) is 0 Å². The summed E-state index contributed by atoms with van der Waals surface area (Å²) >= 11 is 1.04. The smallest absolute Gasteiger partial charge is 0.413 e. The molecule has 3 aromatic rings. The van der Waals surface area contributed by atoms with Gasteiger partial charge in [0.2, 0.25) is 0 Å². The van der Waals surface area contributed by atoms with Gasteiger partial charge in [-0.2, -0.15) is 8.75 Å². The number of esters is 1. The molecule has 9 nitrogen and oxygen atoms in total. The van der Waals surface area contributed by atoms with Crippen molar-refractivity contribution in [3.05, 3.63) is 48.0 Å². The Morgan fingerprint density at radius 3 is 2.68 bits per heavy atom. The number of methoxy groups -OCH3 is 1. The number of rotatable bonds is 5. The highest BCUT2D eigenvalue weighted by molar-refractivity contribution is 7.00. The number of benzene rings is 2. The number of fused-ring (bicyclic) bond motifs is 1. The van der Waals surface area contributed by atoms with E-state index in [9.17, 15) is 14.4 Å². The summed E-state index contributed by atoms with van der Waals surface area (Å²) in [4.78, 5) is 37.5. The summed E-state index contributed by atoms with van der Waals surface area (Å²) in [5, 5.41) is 2.65. The summed E-state index contributed by atoms with van der Waals surface area (Å²) in [6.07, 6.45) is -0.636. The molecule has 0 unspecified atom stereocenters. The Morgan fingerprint density at radius 1 is 1.11 bits per heavy atom. The van der Waals surface area contributed by atoms with Gasteiger partial charge in [0.25, 0.3) is 5.91 Å². The normalized spacial score (nSPS) is 10.4. The predicted octanol–water partition coefficient (Wildman–Crippen LogP) is 2.69. The summed E-state index contributed by atoms with van der Waals surface area (Å²) in [7, 11) is 2.70. The molecule has 3 rings (SSSR count). The highest BCUT2D eigenvalue weighted by atomic mass is 32.1. The van der Waals surface area contributed by atoms with Crippen LogP contribution >= 0.6 is 11.7 Å². The third-order valence-corrected chi connectivity index (χ3v) is 4.37. The number of ether oxygens (including phenoxy) is 2. The van der Waals surface area contributed by atoms with Gasteiger partial charge in [0.05, 0.1) is 35.8 Å². The van der Waals surface area contributed by atoms with Crippen LogP contribution in [0.2, 0.25) is 0 Å². The SMILES string of the molecule is COC(=O)N(C)c1ccccc1C(=O)OCC(=O)Nc1cccc2nsnc12. The Bertz CT molecular complexity index is 1040. The fraction of sp³-hybridized carbons (Fsp3) is 0.167. The van der Waals surface area contributed by atoms with Gasteiger partial charge in [0.15, 0.2) is 6.61 Å². The molecule has 0 saturated carbocycles. The van der Waals surface area contributed by atoms with Crippen molar-refractivity contribution in [3.63, 3.8) is 0 Å². The predicted molar refractivity (Wildman–Crippen MR) is 104 cm³/mol. The van der Waals surface area contributed by atoms with Gasteiger partial charge in [0, 0.05) is 7.05 Å². The lowest BCUT2D eigenvalue weighted by molar-refractivity contribution is -0.119. The van der Waals surface area contributed by atoms with Crippen LogP contribution in [0.1, 0.15) is 10.4 Å². The first-order chi connectivity index (χ1) is 13.5. The zero-order valence-electron chi connectivity index (χ0n) is 15.0. The summed E-state index contributed by atoms with van der Waals surface area (Å²) in [5.74, 6) is -1.26. The minimum Gasteiger partial charge on any atom is -0.452 e. The highest BCUT2D eigenvalue weighted by Gasteiger charge is 2.20. The van der Waals surface area contributed by atoms with E-state index in [0.29, 0.717) is 22.4 Å². The van der Waals surface area contributed by atoms with Crippen LogP contribution in [0, 0.1) is 0 Å². The Kier molecular flexibility index (Phi) is 5.80. The minimum absolute atomic E-state index is 0.133. The van der Waals surface area contributed by atoms with Gasteiger partial charge in [-0.05, 0) is 24.3 Å². The van der Waals surface area contributed by atoms with E-state index in [0.717, 1.165) is 11.7 Å². The highest BCUT2D eigenvalue weighted by Crippen LogP contribution is 2.22. The summed E-state index contributed by atoms with van der Waals surface area (Å²) in [6.45, 7) is -0.497. The van der Waals surface area contributed by atoms with Gasteiger partial charge in [-0.25, -0.2) is 9.59 Å². The van der Waals surface area contributed by atoms with E-state index in [4.69, 9.17) is 4.74 Å². The monoisotopic (exact) mass is 400 g/mol.